The molecular weight excluding hydrogens is 279 g/mol. The Labute approximate surface area is 121 Å². The summed E-state index contributed by atoms with van der Waals surface area (Å²) in [5.41, 5.74) is 1.90. The molecule has 0 aliphatic rings. The average Bonchev–Trinajstić information content (AvgIpc) is 2.83. The van der Waals surface area contributed by atoms with E-state index in [0.717, 1.165) is 30.2 Å². The van der Waals surface area contributed by atoms with E-state index in [-0.39, 0.29) is 12.1 Å². The SMILES string of the molecule is Cc1[nH]ncc1CCCNCc1ccccc1C(F)(F)F. The van der Waals surface area contributed by atoms with Crippen LogP contribution in [0.5, 0.6) is 0 Å². The molecule has 1 aromatic carbocycles. The van der Waals surface area contributed by atoms with Crippen molar-refractivity contribution < 1.29 is 13.2 Å². The maximum absolute atomic E-state index is 12.8. The van der Waals surface area contributed by atoms with Crippen molar-refractivity contribution in [3.8, 4) is 0 Å². The molecule has 6 heteroatoms. The van der Waals surface area contributed by atoms with Gasteiger partial charge in [0.1, 0.15) is 0 Å². The number of benzene rings is 1. The minimum Gasteiger partial charge on any atom is -0.313 e. The molecule has 0 spiro atoms. The van der Waals surface area contributed by atoms with E-state index in [1.54, 1.807) is 12.3 Å². The van der Waals surface area contributed by atoms with Gasteiger partial charge in [-0.15, -0.1) is 0 Å². The Morgan fingerprint density at radius 2 is 1.95 bits per heavy atom. The number of hydrogen-bond donors (Lipinski definition) is 2. The number of aromatic nitrogens is 2. The lowest BCUT2D eigenvalue weighted by molar-refractivity contribution is -0.138. The first kappa shape index (κ1) is 15.6. The molecule has 3 nitrogen and oxygen atoms in total. The first-order valence-electron chi connectivity index (χ1n) is 6.83. The topological polar surface area (TPSA) is 40.7 Å². The van der Waals surface area contributed by atoms with Gasteiger partial charge in [-0.1, -0.05) is 18.2 Å². The number of nitrogens with zero attached hydrogens (tertiary/aromatic N) is 1. The summed E-state index contributed by atoms with van der Waals surface area (Å²) < 4.78 is 38.4. The van der Waals surface area contributed by atoms with Crippen LogP contribution < -0.4 is 5.32 Å². The van der Waals surface area contributed by atoms with E-state index in [2.05, 4.69) is 15.5 Å². The molecule has 1 aromatic heterocycles. The summed E-state index contributed by atoms with van der Waals surface area (Å²) in [4.78, 5) is 0. The van der Waals surface area contributed by atoms with Crippen LogP contribution in [0.15, 0.2) is 30.5 Å². The molecule has 21 heavy (non-hydrogen) atoms. The van der Waals surface area contributed by atoms with Gasteiger partial charge in [-0.05, 0) is 43.5 Å². The molecule has 0 unspecified atom stereocenters. The first-order chi connectivity index (χ1) is 9.98. The Balaban J connectivity index is 1.80. The molecule has 2 rings (SSSR count). The van der Waals surface area contributed by atoms with E-state index >= 15 is 0 Å². The van der Waals surface area contributed by atoms with Gasteiger partial charge in [0.2, 0.25) is 0 Å². The Morgan fingerprint density at radius 1 is 1.19 bits per heavy atom. The molecule has 0 aliphatic heterocycles. The zero-order valence-corrected chi connectivity index (χ0v) is 11.8. The molecular formula is C15H18F3N3. The lowest BCUT2D eigenvalue weighted by Gasteiger charge is -2.13. The zero-order chi connectivity index (χ0) is 15.3. The first-order valence-corrected chi connectivity index (χ1v) is 6.83. The molecule has 0 saturated heterocycles. The third kappa shape index (κ3) is 4.32. The largest absolute Gasteiger partial charge is 0.416 e. The second kappa shape index (κ2) is 6.76. The monoisotopic (exact) mass is 297 g/mol. The number of rotatable bonds is 6. The Hall–Kier alpha value is -1.82. The van der Waals surface area contributed by atoms with Gasteiger partial charge in [0.05, 0.1) is 11.8 Å². The quantitative estimate of drug-likeness (QED) is 0.802. The van der Waals surface area contributed by atoms with Crippen molar-refractivity contribution in [1.82, 2.24) is 15.5 Å². The van der Waals surface area contributed by atoms with Gasteiger partial charge in [-0.2, -0.15) is 18.3 Å². The van der Waals surface area contributed by atoms with E-state index in [4.69, 9.17) is 0 Å². The molecule has 0 bridgehead atoms. The van der Waals surface area contributed by atoms with Gasteiger partial charge in [0, 0.05) is 12.2 Å². The fraction of sp³-hybridized carbons (Fsp3) is 0.400. The zero-order valence-electron chi connectivity index (χ0n) is 11.8. The van der Waals surface area contributed by atoms with Crippen LogP contribution in [0.2, 0.25) is 0 Å². The predicted molar refractivity (Wildman–Crippen MR) is 74.8 cm³/mol. The second-order valence-electron chi connectivity index (χ2n) is 4.96. The number of nitrogens with one attached hydrogen (secondary N) is 2. The highest BCUT2D eigenvalue weighted by atomic mass is 19.4. The van der Waals surface area contributed by atoms with Gasteiger partial charge in [0.15, 0.2) is 0 Å². The number of hydrogen-bond acceptors (Lipinski definition) is 2. The Kier molecular flexibility index (Phi) is 5.01. The van der Waals surface area contributed by atoms with E-state index in [9.17, 15) is 13.2 Å². The van der Waals surface area contributed by atoms with Crippen molar-refractivity contribution in [1.29, 1.82) is 0 Å². The highest BCUT2D eigenvalue weighted by Gasteiger charge is 2.32. The van der Waals surface area contributed by atoms with Crippen molar-refractivity contribution in [3.05, 3.63) is 52.8 Å². The highest BCUT2D eigenvalue weighted by molar-refractivity contribution is 5.29. The van der Waals surface area contributed by atoms with Crippen LogP contribution in [0.1, 0.15) is 28.8 Å². The summed E-state index contributed by atoms with van der Waals surface area (Å²) in [6.07, 6.45) is -0.800. The van der Waals surface area contributed by atoms with Crippen molar-refractivity contribution in [2.24, 2.45) is 0 Å². The van der Waals surface area contributed by atoms with Crippen LogP contribution in [-0.2, 0) is 19.1 Å². The lowest BCUT2D eigenvalue weighted by Crippen LogP contribution is -2.19. The maximum Gasteiger partial charge on any atom is 0.416 e. The third-order valence-corrected chi connectivity index (χ3v) is 3.37. The molecule has 0 amide bonds. The van der Waals surface area contributed by atoms with Gasteiger partial charge in [0.25, 0.3) is 0 Å². The predicted octanol–water partition coefficient (Wildman–Crippen LogP) is 3.46. The van der Waals surface area contributed by atoms with Crippen molar-refractivity contribution in [2.45, 2.75) is 32.5 Å². The standard InChI is InChI=1S/C15H18F3N3/c1-11-12(10-20-21-11)6-4-8-19-9-13-5-2-3-7-14(13)15(16,17)18/h2-3,5,7,10,19H,4,6,8-9H2,1H3,(H,20,21). The molecule has 1 heterocycles. The van der Waals surface area contributed by atoms with Crippen molar-refractivity contribution in [2.75, 3.05) is 6.54 Å². The minimum atomic E-state index is -4.30. The fourth-order valence-corrected chi connectivity index (χ4v) is 2.21. The fourth-order valence-electron chi connectivity index (χ4n) is 2.21. The van der Waals surface area contributed by atoms with Crippen LogP contribution >= 0.6 is 0 Å². The Morgan fingerprint density at radius 3 is 2.62 bits per heavy atom. The average molecular weight is 297 g/mol. The van der Waals surface area contributed by atoms with Crippen LogP contribution in [-0.4, -0.2) is 16.7 Å². The molecule has 0 aliphatic carbocycles. The molecule has 2 aromatic rings. The lowest BCUT2D eigenvalue weighted by atomic mass is 10.1. The summed E-state index contributed by atoms with van der Waals surface area (Å²) in [7, 11) is 0. The third-order valence-electron chi connectivity index (χ3n) is 3.37. The Bertz CT molecular complexity index is 576. The smallest absolute Gasteiger partial charge is 0.313 e. The summed E-state index contributed by atoms with van der Waals surface area (Å²) in [6, 6.07) is 5.66. The van der Waals surface area contributed by atoms with Crippen molar-refractivity contribution in [3.63, 3.8) is 0 Å². The molecule has 0 saturated carbocycles. The van der Waals surface area contributed by atoms with Gasteiger partial charge < -0.3 is 5.32 Å². The van der Waals surface area contributed by atoms with Crippen LogP contribution in [0.4, 0.5) is 13.2 Å². The van der Waals surface area contributed by atoms with Gasteiger partial charge in [-0.3, -0.25) is 5.10 Å². The number of alkyl halides is 3. The molecule has 2 N–H and O–H groups in total. The minimum absolute atomic E-state index is 0.222. The molecule has 114 valence electrons. The van der Waals surface area contributed by atoms with E-state index in [0.29, 0.717) is 6.54 Å². The second-order valence-corrected chi connectivity index (χ2v) is 4.96. The van der Waals surface area contributed by atoms with Crippen molar-refractivity contribution >= 4 is 0 Å². The number of aryl methyl sites for hydroxylation is 2. The highest BCUT2D eigenvalue weighted by Crippen LogP contribution is 2.31. The van der Waals surface area contributed by atoms with Crippen LogP contribution in [0.3, 0.4) is 0 Å². The molecule has 0 fully saturated rings. The van der Waals surface area contributed by atoms with E-state index < -0.39 is 11.7 Å². The summed E-state index contributed by atoms with van der Waals surface area (Å²) in [6.45, 7) is 2.84. The number of halogens is 3. The maximum atomic E-state index is 12.8. The summed E-state index contributed by atoms with van der Waals surface area (Å²) >= 11 is 0. The number of H-pyrrole nitrogens is 1. The van der Waals surface area contributed by atoms with Crippen LogP contribution in [0.25, 0.3) is 0 Å². The normalized spacial score (nSPS) is 11.8. The summed E-state index contributed by atoms with van der Waals surface area (Å²) in [5, 5.41) is 9.87. The molecule has 0 radical (unpaired) electrons. The molecule has 0 atom stereocenters. The van der Waals surface area contributed by atoms with Crippen LogP contribution in [0, 0.1) is 6.92 Å². The van der Waals surface area contributed by atoms with E-state index in [1.165, 1.54) is 12.1 Å². The number of aromatic amines is 1. The van der Waals surface area contributed by atoms with Gasteiger partial charge >= 0.3 is 6.18 Å². The van der Waals surface area contributed by atoms with E-state index in [1.807, 2.05) is 6.92 Å². The summed E-state index contributed by atoms with van der Waals surface area (Å²) in [5.74, 6) is 0. The van der Waals surface area contributed by atoms with Gasteiger partial charge in [-0.25, -0.2) is 0 Å².